The Balaban J connectivity index is 1.56. The third-order valence-corrected chi connectivity index (χ3v) is 6.51. The van der Waals surface area contributed by atoms with Crippen LogP contribution in [0.5, 0.6) is 0 Å². The average molecular weight is 486 g/mol. The van der Waals surface area contributed by atoms with Gasteiger partial charge in [-0.05, 0) is 59.5 Å². The number of fused-ring (bicyclic) bond motifs is 1. The van der Waals surface area contributed by atoms with E-state index >= 15 is 0 Å². The monoisotopic (exact) mass is 485 g/mol. The Bertz CT molecular complexity index is 1230. The van der Waals surface area contributed by atoms with E-state index in [1.807, 2.05) is 12.1 Å². The minimum atomic E-state index is -0.549. The first-order chi connectivity index (χ1) is 14.9. The summed E-state index contributed by atoms with van der Waals surface area (Å²) >= 11 is 3.62. The number of aryl methyl sites for hydroxylation is 1. The molecule has 5 rings (SSSR count). The Labute approximate surface area is 185 Å². The number of nitrogens with zero attached hydrogens (tertiary/aromatic N) is 3. The zero-order valence-corrected chi connectivity index (χ0v) is 18.2. The number of benzene rings is 2. The van der Waals surface area contributed by atoms with Crippen molar-refractivity contribution in [2.45, 2.75) is 38.6 Å². The van der Waals surface area contributed by atoms with Gasteiger partial charge in [-0.25, -0.2) is 8.78 Å². The van der Waals surface area contributed by atoms with Crippen LogP contribution in [-0.2, 0) is 11.3 Å². The number of amides is 1. The number of para-hydroxylation sites is 1. The van der Waals surface area contributed by atoms with Gasteiger partial charge in [-0.15, -0.1) is 10.2 Å². The Morgan fingerprint density at radius 1 is 1.16 bits per heavy atom. The summed E-state index contributed by atoms with van der Waals surface area (Å²) in [6.45, 7) is 1.41. The molecule has 158 valence electrons. The molecule has 0 saturated heterocycles. The minimum absolute atomic E-state index is 0.0163. The summed E-state index contributed by atoms with van der Waals surface area (Å²) in [6, 6.07) is 9.58. The van der Waals surface area contributed by atoms with Crippen molar-refractivity contribution in [2.24, 2.45) is 0 Å². The van der Waals surface area contributed by atoms with Gasteiger partial charge in [0.2, 0.25) is 17.7 Å². The van der Waals surface area contributed by atoms with Crippen molar-refractivity contribution in [1.29, 1.82) is 0 Å². The van der Waals surface area contributed by atoms with Crippen LogP contribution in [0.4, 0.5) is 14.5 Å². The van der Waals surface area contributed by atoms with Crippen molar-refractivity contribution >= 4 is 37.6 Å². The first-order valence-corrected chi connectivity index (χ1v) is 10.8. The van der Waals surface area contributed by atoms with Gasteiger partial charge in [0.05, 0.1) is 18.7 Å². The highest BCUT2D eigenvalue weighted by Crippen LogP contribution is 2.44. The third kappa shape index (κ3) is 3.69. The van der Waals surface area contributed by atoms with Crippen LogP contribution in [0.1, 0.15) is 53.7 Å². The summed E-state index contributed by atoms with van der Waals surface area (Å²) in [5.41, 5.74) is 2.24. The Morgan fingerprint density at radius 3 is 2.71 bits per heavy atom. The summed E-state index contributed by atoms with van der Waals surface area (Å²) in [5, 5.41) is 8.29. The van der Waals surface area contributed by atoms with Crippen molar-refractivity contribution < 1.29 is 18.0 Å². The highest BCUT2D eigenvalue weighted by molar-refractivity contribution is 9.15. The zero-order chi connectivity index (χ0) is 21.7. The lowest BCUT2D eigenvalue weighted by atomic mass is 10.1. The van der Waals surface area contributed by atoms with E-state index in [4.69, 9.17) is 4.42 Å². The van der Waals surface area contributed by atoms with Crippen molar-refractivity contribution in [2.75, 3.05) is 4.90 Å². The number of carbonyl (C=O) groups is 1. The quantitative estimate of drug-likeness (QED) is 0.473. The predicted molar refractivity (Wildman–Crippen MR) is 115 cm³/mol. The summed E-state index contributed by atoms with van der Waals surface area (Å²) in [7, 11) is 0. The number of hydrogen-bond acceptors (Lipinski definition) is 4. The van der Waals surface area contributed by atoms with E-state index in [0.717, 1.165) is 30.5 Å². The molecule has 1 fully saturated rings. The van der Waals surface area contributed by atoms with Gasteiger partial charge in [-0.3, -0.25) is 4.79 Å². The molecule has 2 aliphatic rings. The van der Waals surface area contributed by atoms with E-state index < -0.39 is 11.6 Å². The fourth-order valence-electron chi connectivity index (χ4n) is 3.69. The van der Waals surface area contributed by atoms with E-state index in [0.29, 0.717) is 33.4 Å². The van der Waals surface area contributed by atoms with Crippen LogP contribution in [0, 0.1) is 18.6 Å². The summed E-state index contributed by atoms with van der Waals surface area (Å²) < 4.78 is 35.1. The number of hydrogen-bond donors (Lipinski definition) is 0. The standard InChI is InChI=1S/C23H18BrF2N3O2/c1-12-8-18(26)14(9-17(12)25)11-29-19-5-3-2-4-15(19)21(24)16(10-20(29)30)23-28-27-22(31-23)13-6-7-13/h2-5,8-9,13H,6-7,10-11H2,1H3. The van der Waals surface area contributed by atoms with Gasteiger partial charge in [0.1, 0.15) is 11.6 Å². The van der Waals surface area contributed by atoms with E-state index in [1.54, 1.807) is 12.1 Å². The highest BCUT2D eigenvalue weighted by Gasteiger charge is 2.33. The smallest absolute Gasteiger partial charge is 0.245 e. The van der Waals surface area contributed by atoms with Gasteiger partial charge in [0.25, 0.3) is 0 Å². The number of halogens is 3. The third-order valence-electron chi connectivity index (χ3n) is 5.61. The number of anilines is 1. The number of aromatic nitrogens is 2. The maximum atomic E-state index is 14.5. The largest absolute Gasteiger partial charge is 0.421 e. The van der Waals surface area contributed by atoms with E-state index in [9.17, 15) is 13.6 Å². The van der Waals surface area contributed by atoms with Crippen LogP contribution in [-0.4, -0.2) is 16.1 Å². The van der Waals surface area contributed by atoms with Crippen LogP contribution in [0.2, 0.25) is 0 Å². The molecular weight excluding hydrogens is 468 g/mol. The van der Waals surface area contributed by atoms with Crippen LogP contribution in [0.15, 0.2) is 40.8 Å². The lowest BCUT2D eigenvalue weighted by Gasteiger charge is -2.24. The SMILES string of the molecule is Cc1cc(F)c(CN2C(=O)CC(c3nnc(C4CC4)o3)=C(Br)c3ccccc32)cc1F. The average Bonchev–Trinajstić information content (AvgIpc) is 3.51. The molecule has 2 aromatic carbocycles. The maximum Gasteiger partial charge on any atom is 0.245 e. The molecule has 1 aliphatic heterocycles. The fraction of sp³-hybridized carbons (Fsp3) is 0.261. The zero-order valence-electron chi connectivity index (χ0n) is 16.7. The van der Waals surface area contributed by atoms with Crippen molar-refractivity contribution in [1.82, 2.24) is 10.2 Å². The van der Waals surface area contributed by atoms with Crippen LogP contribution in [0.25, 0.3) is 10.1 Å². The molecule has 0 N–H and O–H groups in total. The number of carbonyl (C=O) groups excluding carboxylic acids is 1. The van der Waals surface area contributed by atoms with Gasteiger partial charge in [-0.2, -0.15) is 0 Å². The van der Waals surface area contributed by atoms with Gasteiger partial charge in [0, 0.05) is 27.1 Å². The normalized spacial score (nSPS) is 16.5. The lowest BCUT2D eigenvalue weighted by molar-refractivity contribution is -0.117. The molecule has 3 aromatic rings. The Kier molecular flexibility index (Phi) is 4.97. The molecule has 0 spiro atoms. The molecule has 1 saturated carbocycles. The maximum absolute atomic E-state index is 14.5. The first kappa shape index (κ1) is 20.1. The van der Waals surface area contributed by atoms with Crippen molar-refractivity contribution in [3.63, 3.8) is 0 Å². The molecule has 31 heavy (non-hydrogen) atoms. The second-order valence-corrected chi connectivity index (χ2v) is 8.67. The second kappa shape index (κ2) is 7.67. The minimum Gasteiger partial charge on any atom is -0.421 e. The molecule has 0 atom stereocenters. The Morgan fingerprint density at radius 2 is 1.94 bits per heavy atom. The second-order valence-electron chi connectivity index (χ2n) is 7.88. The van der Waals surface area contributed by atoms with Gasteiger partial charge in [-0.1, -0.05) is 18.2 Å². The highest BCUT2D eigenvalue weighted by atomic mass is 79.9. The summed E-state index contributed by atoms with van der Waals surface area (Å²) in [5.74, 6) is -0.154. The molecule has 0 radical (unpaired) electrons. The van der Waals surface area contributed by atoms with Gasteiger partial charge >= 0.3 is 0 Å². The van der Waals surface area contributed by atoms with Gasteiger partial charge in [0.15, 0.2) is 0 Å². The summed E-state index contributed by atoms with van der Waals surface area (Å²) in [6.07, 6.45) is 2.03. The predicted octanol–water partition coefficient (Wildman–Crippen LogP) is 5.73. The molecule has 1 aromatic heterocycles. The number of rotatable bonds is 4. The molecule has 8 heteroatoms. The Hall–Kier alpha value is -2.87. The molecule has 2 heterocycles. The lowest BCUT2D eigenvalue weighted by Crippen LogP contribution is -2.30. The van der Waals surface area contributed by atoms with Gasteiger partial charge < -0.3 is 9.32 Å². The van der Waals surface area contributed by atoms with E-state index in [-0.39, 0.29) is 30.0 Å². The van der Waals surface area contributed by atoms with Crippen molar-refractivity contribution in [3.05, 3.63) is 76.5 Å². The molecule has 5 nitrogen and oxygen atoms in total. The molecule has 1 amide bonds. The van der Waals surface area contributed by atoms with Crippen molar-refractivity contribution in [3.8, 4) is 0 Å². The summed E-state index contributed by atoms with van der Waals surface area (Å²) in [4.78, 5) is 14.8. The van der Waals surface area contributed by atoms with Crippen LogP contribution in [0.3, 0.4) is 0 Å². The van der Waals surface area contributed by atoms with Crippen LogP contribution < -0.4 is 4.90 Å². The molecule has 1 aliphatic carbocycles. The first-order valence-electron chi connectivity index (χ1n) is 9.99. The van der Waals surface area contributed by atoms with E-state index in [1.165, 1.54) is 11.8 Å². The molecule has 0 bridgehead atoms. The topological polar surface area (TPSA) is 59.2 Å². The molecule has 0 unspecified atom stereocenters. The fourth-order valence-corrected chi connectivity index (χ4v) is 4.33. The molecular formula is C23H18BrF2N3O2. The van der Waals surface area contributed by atoms with Crippen LogP contribution >= 0.6 is 15.9 Å². The van der Waals surface area contributed by atoms with E-state index in [2.05, 4.69) is 26.1 Å².